The third kappa shape index (κ3) is 2.32. The van der Waals surface area contributed by atoms with E-state index in [1.165, 1.54) is 11.3 Å². The van der Waals surface area contributed by atoms with Crippen LogP contribution >= 0.6 is 0 Å². The molecule has 0 aliphatic carbocycles. The molecule has 3 heteroatoms. The van der Waals surface area contributed by atoms with Crippen molar-refractivity contribution in [2.75, 3.05) is 32.1 Å². The molecule has 0 radical (unpaired) electrons. The van der Waals surface area contributed by atoms with Gasteiger partial charge in [-0.05, 0) is 39.4 Å². The molecule has 0 aromatic heterocycles. The number of methoxy groups -OCH3 is 1. The van der Waals surface area contributed by atoms with E-state index in [1.807, 2.05) is 7.05 Å². The van der Waals surface area contributed by atoms with E-state index in [1.54, 1.807) is 7.11 Å². The zero-order valence-electron chi connectivity index (χ0n) is 11.9. The Bertz CT molecular complexity index is 403. The third-order valence-corrected chi connectivity index (χ3v) is 3.97. The molecule has 1 aromatic rings. The van der Waals surface area contributed by atoms with Crippen LogP contribution in [0.3, 0.4) is 0 Å². The maximum absolute atomic E-state index is 5.55. The molecule has 1 aliphatic heterocycles. The number of rotatable bonds is 5. The summed E-state index contributed by atoms with van der Waals surface area (Å²) in [7, 11) is 3.79. The van der Waals surface area contributed by atoms with E-state index in [2.05, 4.69) is 42.3 Å². The summed E-state index contributed by atoms with van der Waals surface area (Å²) in [6, 6.07) is 6.91. The highest BCUT2D eigenvalue weighted by atomic mass is 16.5. The number of likely N-dealkylation sites (N-methyl/N-ethyl adjacent to an activating group) is 1. The summed E-state index contributed by atoms with van der Waals surface area (Å²) >= 11 is 0. The normalized spacial score (nSPS) is 19.8. The largest absolute Gasteiger partial charge is 0.496 e. The monoisotopic (exact) mass is 248 g/mol. The number of ether oxygens (including phenoxy) is 1. The van der Waals surface area contributed by atoms with E-state index in [-0.39, 0.29) is 0 Å². The average molecular weight is 248 g/mol. The first-order valence-electron chi connectivity index (χ1n) is 6.80. The van der Waals surface area contributed by atoms with Gasteiger partial charge in [-0.25, -0.2) is 0 Å². The van der Waals surface area contributed by atoms with Crippen LogP contribution in [-0.2, 0) is 0 Å². The molecule has 2 atom stereocenters. The van der Waals surface area contributed by atoms with Crippen LogP contribution in [0.4, 0.5) is 5.69 Å². The Hall–Kier alpha value is -1.22. The highest BCUT2D eigenvalue weighted by molar-refractivity contribution is 5.65. The standard InChI is InChI=1S/C15H24N2O/c1-5-17-10-12(9-11(2)16-3)15-13(17)7-6-8-14(15)18-4/h6-8,11-12,16H,5,9-10H2,1-4H3. The first-order chi connectivity index (χ1) is 8.71. The number of hydrogen-bond acceptors (Lipinski definition) is 3. The molecular weight excluding hydrogens is 224 g/mol. The van der Waals surface area contributed by atoms with Crippen molar-refractivity contribution in [1.82, 2.24) is 5.32 Å². The average Bonchev–Trinajstić information content (AvgIpc) is 2.76. The van der Waals surface area contributed by atoms with E-state index in [0.29, 0.717) is 12.0 Å². The number of benzene rings is 1. The Morgan fingerprint density at radius 1 is 1.50 bits per heavy atom. The van der Waals surface area contributed by atoms with Crippen LogP contribution in [0.25, 0.3) is 0 Å². The van der Waals surface area contributed by atoms with Gasteiger partial charge in [0, 0.05) is 36.3 Å². The van der Waals surface area contributed by atoms with Gasteiger partial charge in [-0.2, -0.15) is 0 Å². The van der Waals surface area contributed by atoms with Gasteiger partial charge < -0.3 is 15.0 Å². The van der Waals surface area contributed by atoms with Crippen LogP contribution in [0.2, 0.25) is 0 Å². The van der Waals surface area contributed by atoms with Gasteiger partial charge in [-0.1, -0.05) is 6.07 Å². The molecule has 0 saturated carbocycles. The second-order valence-corrected chi connectivity index (χ2v) is 5.05. The molecular formula is C15H24N2O. The maximum Gasteiger partial charge on any atom is 0.124 e. The number of anilines is 1. The summed E-state index contributed by atoms with van der Waals surface area (Å²) in [5, 5.41) is 3.33. The quantitative estimate of drug-likeness (QED) is 0.867. The van der Waals surface area contributed by atoms with Crippen molar-refractivity contribution >= 4 is 5.69 Å². The second kappa shape index (κ2) is 5.61. The van der Waals surface area contributed by atoms with Crippen molar-refractivity contribution in [3.05, 3.63) is 23.8 Å². The predicted octanol–water partition coefficient (Wildman–Crippen LogP) is 2.62. The van der Waals surface area contributed by atoms with Gasteiger partial charge in [-0.3, -0.25) is 0 Å². The highest BCUT2D eigenvalue weighted by Crippen LogP contribution is 2.43. The number of hydrogen-bond donors (Lipinski definition) is 1. The van der Waals surface area contributed by atoms with Crippen molar-refractivity contribution in [3.8, 4) is 5.75 Å². The molecule has 2 unspecified atom stereocenters. The topological polar surface area (TPSA) is 24.5 Å². The molecule has 100 valence electrons. The minimum atomic E-state index is 0.532. The fourth-order valence-electron chi connectivity index (χ4n) is 2.89. The van der Waals surface area contributed by atoms with Crippen LogP contribution in [0.15, 0.2) is 18.2 Å². The van der Waals surface area contributed by atoms with Crippen molar-refractivity contribution in [2.24, 2.45) is 0 Å². The summed E-state index contributed by atoms with van der Waals surface area (Å²) in [6.45, 7) is 6.62. The molecule has 1 aromatic carbocycles. The first-order valence-corrected chi connectivity index (χ1v) is 6.80. The molecule has 18 heavy (non-hydrogen) atoms. The van der Waals surface area contributed by atoms with Gasteiger partial charge in [0.1, 0.15) is 5.75 Å². The lowest BCUT2D eigenvalue weighted by molar-refractivity contribution is 0.403. The van der Waals surface area contributed by atoms with E-state index in [4.69, 9.17) is 4.74 Å². The van der Waals surface area contributed by atoms with Gasteiger partial charge in [0.15, 0.2) is 0 Å². The summed E-state index contributed by atoms with van der Waals surface area (Å²) in [5.74, 6) is 1.61. The van der Waals surface area contributed by atoms with Crippen molar-refractivity contribution < 1.29 is 4.74 Å². The van der Waals surface area contributed by atoms with E-state index >= 15 is 0 Å². The Kier molecular flexibility index (Phi) is 4.12. The molecule has 1 heterocycles. The minimum Gasteiger partial charge on any atom is -0.496 e. The van der Waals surface area contributed by atoms with Crippen molar-refractivity contribution in [1.29, 1.82) is 0 Å². The summed E-state index contributed by atoms with van der Waals surface area (Å²) in [4.78, 5) is 2.45. The third-order valence-electron chi connectivity index (χ3n) is 3.97. The number of nitrogens with one attached hydrogen (secondary N) is 1. The molecule has 0 spiro atoms. The Balaban J connectivity index is 2.32. The highest BCUT2D eigenvalue weighted by Gasteiger charge is 2.31. The Labute approximate surface area is 110 Å². The van der Waals surface area contributed by atoms with Gasteiger partial charge in [0.25, 0.3) is 0 Å². The van der Waals surface area contributed by atoms with E-state index < -0.39 is 0 Å². The molecule has 1 N–H and O–H groups in total. The molecule has 0 fully saturated rings. The maximum atomic E-state index is 5.55. The van der Waals surface area contributed by atoms with Crippen LogP contribution < -0.4 is 15.0 Å². The summed E-state index contributed by atoms with van der Waals surface area (Å²) in [6.07, 6.45) is 1.15. The van der Waals surface area contributed by atoms with E-state index in [9.17, 15) is 0 Å². The van der Waals surface area contributed by atoms with Crippen LogP contribution in [-0.4, -0.2) is 33.3 Å². The lowest BCUT2D eigenvalue weighted by Crippen LogP contribution is -2.27. The van der Waals surface area contributed by atoms with Gasteiger partial charge >= 0.3 is 0 Å². The van der Waals surface area contributed by atoms with Crippen LogP contribution in [0, 0.1) is 0 Å². The second-order valence-electron chi connectivity index (χ2n) is 5.05. The van der Waals surface area contributed by atoms with Gasteiger partial charge in [0.2, 0.25) is 0 Å². The SMILES string of the molecule is CCN1CC(CC(C)NC)c2c(OC)cccc21. The molecule has 0 amide bonds. The fourth-order valence-corrected chi connectivity index (χ4v) is 2.89. The first kappa shape index (κ1) is 13.2. The number of fused-ring (bicyclic) bond motifs is 1. The van der Waals surface area contributed by atoms with Crippen LogP contribution in [0.1, 0.15) is 31.7 Å². The molecule has 0 saturated heterocycles. The van der Waals surface area contributed by atoms with Gasteiger partial charge in [0.05, 0.1) is 7.11 Å². The zero-order valence-corrected chi connectivity index (χ0v) is 11.9. The summed E-state index contributed by atoms with van der Waals surface area (Å²) in [5.41, 5.74) is 2.74. The lowest BCUT2D eigenvalue weighted by Gasteiger charge is -2.19. The van der Waals surface area contributed by atoms with Crippen molar-refractivity contribution in [2.45, 2.75) is 32.2 Å². The Morgan fingerprint density at radius 3 is 2.89 bits per heavy atom. The van der Waals surface area contributed by atoms with Gasteiger partial charge in [-0.15, -0.1) is 0 Å². The van der Waals surface area contributed by atoms with Crippen molar-refractivity contribution in [3.63, 3.8) is 0 Å². The molecule has 3 nitrogen and oxygen atoms in total. The molecule has 1 aliphatic rings. The van der Waals surface area contributed by atoms with E-state index in [0.717, 1.165) is 25.3 Å². The fraction of sp³-hybridized carbons (Fsp3) is 0.600. The molecule has 2 rings (SSSR count). The predicted molar refractivity (Wildman–Crippen MR) is 76.8 cm³/mol. The smallest absolute Gasteiger partial charge is 0.124 e. The van der Waals surface area contributed by atoms with Crippen LogP contribution in [0.5, 0.6) is 5.75 Å². The molecule has 0 bridgehead atoms. The minimum absolute atomic E-state index is 0.532. The number of nitrogens with zero attached hydrogens (tertiary/aromatic N) is 1. The Morgan fingerprint density at radius 2 is 2.28 bits per heavy atom. The summed E-state index contributed by atoms with van der Waals surface area (Å²) < 4.78 is 5.55. The lowest BCUT2D eigenvalue weighted by atomic mass is 9.94. The zero-order chi connectivity index (χ0) is 13.1.